The molecule has 6 nitrogen and oxygen atoms in total. The molecule has 24 heavy (non-hydrogen) atoms. The summed E-state index contributed by atoms with van der Waals surface area (Å²) in [4.78, 5) is 24.2. The number of ether oxygens (including phenoxy) is 4. The van der Waals surface area contributed by atoms with Gasteiger partial charge in [-0.3, -0.25) is 9.59 Å². The first-order valence-electron chi connectivity index (χ1n) is 9.33. The zero-order valence-corrected chi connectivity index (χ0v) is 14.2. The average molecular weight is 340 g/mol. The molecule has 2 heterocycles. The van der Waals surface area contributed by atoms with Gasteiger partial charge < -0.3 is 18.9 Å². The van der Waals surface area contributed by atoms with Crippen LogP contribution >= 0.6 is 0 Å². The maximum Gasteiger partial charge on any atom is 0.308 e. The molecule has 1 saturated carbocycles. The van der Waals surface area contributed by atoms with Gasteiger partial charge in [0.25, 0.3) is 0 Å². The van der Waals surface area contributed by atoms with Crippen molar-refractivity contribution in [3.05, 3.63) is 0 Å². The lowest BCUT2D eigenvalue weighted by molar-refractivity contribution is -0.174. The molecule has 0 amide bonds. The van der Waals surface area contributed by atoms with Crippen LogP contribution in [0.3, 0.4) is 0 Å². The van der Waals surface area contributed by atoms with E-state index in [1.807, 2.05) is 0 Å². The van der Waals surface area contributed by atoms with E-state index >= 15 is 0 Å². The Labute approximate surface area is 143 Å². The molecular weight excluding hydrogens is 312 g/mol. The highest BCUT2D eigenvalue weighted by Crippen LogP contribution is 2.26. The van der Waals surface area contributed by atoms with Gasteiger partial charge in [0.2, 0.25) is 0 Å². The predicted octanol–water partition coefficient (Wildman–Crippen LogP) is 2.52. The van der Waals surface area contributed by atoms with E-state index in [2.05, 4.69) is 0 Å². The largest absolute Gasteiger partial charge is 0.458 e. The molecule has 0 radical (unpaired) electrons. The highest BCUT2D eigenvalue weighted by atomic mass is 16.6. The molecule has 4 atom stereocenters. The van der Waals surface area contributed by atoms with E-state index in [-0.39, 0.29) is 36.4 Å². The van der Waals surface area contributed by atoms with Crippen molar-refractivity contribution in [2.45, 2.75) is 88.6 Å². The molecule has 3 rings (SSSR count). The summed E-state index contributed by atoms with van der Waals surface area (Å²) in [6, 6.07) is 0. The number of carbonyl (C=O) groups excluding carboxylic acids is 2. The summed E-state index contributed by atoms with van der Waals surface area (Å²) in [5, 5.41) is 0. The van der Waals surface area contributed by atoms with Crippen LogP contribution in [0.25, 0.3) is 0 Å². The minimum atomic E-state index is -0.318. The summed E-state index contributed by atoms with van der Waals surface area (Å²) in [6.07, 6.45) is 7.29. The first kappa shape index (κ1) is 17.7. The van der Waals surface area contributed by atoms with Crippen LogP contribution in [0.15, 0.2) is 0 Å². The van der Waals surface area contributed by atoms with Crippen molar-refractivity contribution in [1.29, 1.82) is 0 Å². The van der Waals surface area contributed by atoms with Crippen LogP contribution in [0.2, 0.25) is 0 Å². The lowest BCUT2D eigenvalue weighted by Gasteiger charge is -2.31. The maximum atomic E-state index is 12.1. The first-order valence-corrected chi connectivity index (χ1v) is 9.33. The Morgan fingerprint density at radius 1 is 0.708 bits per heavy atom. The van der Waals surface area contributed by atoms with E-state index < -0.39 is 0 Å². The maximum absolute atomic E-state index is 12.1. The Bertz CT molecular complexity index is 385. The summed E-state index contributed by atoms with van der Waals surface area (Å²) in [5.41, 5.74) is 0. The smallest absolute Gasteiger partial charge is 0.308 e. The lowest BCUT2D eigenvalue weighted by Crippen LogP contribution is -2.38. The fourth-order valence-corrected chi connectivity index (χ4v) is 3.75. The van der Waals surface area contributed by atoms with Gasteiger partial charge in [-0.25, -0.2) is 0 Å². The van der Waals surface area contributed by atoms with Gasteiger partial charge in [-0.15, -0.1) is 0 Å². The van der Waals surface area contributed by atoms with Crippen LogP contribution in [0, 0.1) is 0 Å². The molecule has 1 aliphatic carbocycles. The molecule has 0 bridgehead atoms. The molecule has 2 saturated heterocycles. The molecule has 0 aromatic rings. The number of rotatable bonds is 6. The highest BCUT2D eigenvalue weighted by Gasteiger charge is 2.33. The van der Waals surface area contributed by atoms with Crippen molar-refractivity contribution < 1.29 is 28.5 Å². The van der Waals surface area contributed by atoms with Crippen molar-refractivity contribution in [1.82, 2.24) is 0 Å². The van der Waals surface area contributed by atoms with E-state index in [4.69, 9.17) is 18.9 Å². The summed E-state index contributed by atoms with van der Waals surface area (Å²) in [6.45, 7) is 1.45. The Morgan fingerprint density at radius 3 is 1.54 bits per heavy atom. The highest BCUT2D eigenvalue weighted by molar-refractivity contribution is 5.71. The lowest BCUT2D eigenvalue weighted by atomic mass is 9.94. The summed E-state index contributed by atoms with van der Waals surface area (Å²) < 4.78 is 22.2. The number of carbonyl (C=O) groups is 2. The van der Waals surface area contributed by atoms with Crippen molar-refractivity contribution in [3.8, 4) is 0 Å². The summed E-state index contributed by atoms with van der Waals surface area (Å²) in [7, 11) is 0. The van der Waals surface area contributed by atoms with Crippen LogP contribution in [0.5, 0.6) is 0 Å². The van der Waals surface area contributed by atoms with Crippen LogP contribution in [0.4, 0.5) is 0 Å². The molecule has 2 aliphatic heterocycles. The zero-order valence-electron chi connectivity index (χ0n) is 14.2. The fraction of sp³-hybridized carbons (Fsp3) is 0.889. The van der Waals surface area contributed by atoms with Crippen molar-refractivity contribution in [2.24, 2.45) is 0 Å². The molecule has 3 aliphatic rings. The Kier molecular flexibility index (Phi) is 6.49. The third-order valence-electron chi connectivity index (χ3n) is 5.04. The minimum Gasteiger partial charge on any atom is -0.458 e. The van der Waals surface area contributed by atoms with Crippen molar-refractivity contribution >= 4 is 11.9 Å². The molecule has 136 valence electrons. The van der Waals surface area contributed by atoms with Crippen LogP contribution < -0.4 is 0 Å². The molecule has 0 spiro atoms. The molecule has 3 fully saturated rings. The van der Waals surface area contributed by atoms with E-state index in [9.17, 15) is 9.59 Å². The Morgan fingerprint density at radius 2 is 1.17 bits per heavy atom. The Balaban J connectivity index is 1.45. The molecule has 0 unspecified atom stereocenters. The SMILES string of the molecule is O=C(C[C@@H]1CCCO1)O[C@H]1CCCC[C@H]1OC(=O)C[C@@H]1CCCO1. The van der Waals surface area contributed by atoms with Crippen molar-refractivity contribution in [3.63, 3.8) is 0 Å². The van der Waals surface area contributed by atoms with Crippen LogP contribution in [-0.4, -0.2) is 49.6 Å². The van der Waals surface area contributed by atoms with Gasteiger partial charge in [0.05, 0.1) is 25.0 Å². The summed E-state index contributed by atoms with van der Waals surface area (Å²) >= 11 is 0. The summed E-state index contributed by atoms with van der Waals surface area (Å²) in [5.74, 6) is -0.483. The molecular formula is C18H28O6. The molecule has 0 aromatic carbocycles. The van der Waals surface area contributed by atoms with E-state index in [1.54, 1.807) is 0 Å². The number of hydrogen-bond donors (Lipinski definition) is 0. The second-order valence-corrected chi connectivity index (χ2v) is 7.02. The molecule has 6 heteroatoms. The van der Waals surface area contributed by atoms with E-state index in [0.717, 1.165) is 64.6 Å². The van der Waals surface area contributed by atoms with Gasteiger partial charge in [0.15, 0.2) is 0 Å². The predicted molar refractivity (Wildman–Crippen MR) is 85.4 cm³/mol. The monoisotopic (exact) mass is 340 g/mol. The van der Waals surface area contributed by atoms with Crippen LogP contribution in [-0.2, 0) is 28.5 Å². The minimum absolute atomic E-state index is 0.0124. The van der Waals surface area contributed by atoms with Crippen LogP contribution in [0.1, 0.15) is 64.2 Å². The van der Waals surface area contributed by atoms with Gasteiger partial charge in [-0.2, -0.15) is 0 Å². The zero-order chi connectivity index (χ0) is 16.8. The van der Waals surface area contributed by atoms with Gasteiger partial charge in [0, 0.05) is 13.2 Å². The second-order valence-electron chi connectivity index (χ2n) is 7.02. The van der Waals surface area contributed by atoms with E-state index in [0.29, 0.717) is 12.8 Å². The Hall–Kier alpha value is -1.14. The standard InChI is InChI=1S/C18H28O6/c19-17(11-13-5-3-9-21-13)23-15-7-1-2-8-16(15)24-18(20)12-14-6-4-10-22-14/h13-16H,1-12H2/t13-,14-,15-,16+/m0/s1. The normalized spacial score (nSPS) is 33.3. The fourth-order valence-electron chi connectivity index (χ4n) is 3.75. The number of hydrogen-bond acceptors (Lipinski definition) is 6. The third-order valence-corrected chi connectivity index (χ3v) is 5.04. The van der Waals surface area contributed by atoms with E-state index in [1.165, 1.54) is 0 Å². The van der Waals surface area contributed by atoms with Crippen molar-refractivity contribution in [2.75, 3.05) is 13.2 Å². The second kappa shape index (κ2) is 8.81. The van der Waals surface area contributed by atoms with Gasteiger partial charge in [-0.05, 0) is 51.4 Å². The molecule has 0 aromatic heterocycles. The average Bonchev–Trinajstić information content (AvgIpc) is 3.23. The topological polar surface area (TPSA) is 71.1 Å². The first-order chi connectivity index (χ1) is 11.7. The third kappa shape index (κ3) is 5.18. The quantitative estimate of drug-likeness (QED) is 0.692. The van der Waals surface area contributed by atoms with Gasteiger partial charge in [0.1, 0.15) is 12.2 Å². The number of esters is 2. The van der Waals surface area contributed by atoms with Gasteiger partial charge >= 0.3 is 11.9 Å². The molecule has 0 N–H and O–H groups in total. The van der Waals surface area contributed by atoms with Gasteiger partial charge in [-0.1, -0.05) is 0 Å².